The summed E-state index contributed by atoms with van der Waals surface area (Å²) in [7, 11) is 1.44. The smallest absolute Gasteiger partial charge is 0.768 e. The van der Waals surface area contributed by atoms with Crippen molar-refractivity contribution in [2.45, 2.75) is 30.3 Å². The van der Waals surface area contributed by atoms with Crippen LogP contribution >= 0.6 is 0 Å². The third-order valence-electron chi connectivity index (χ3n) is 2.67. The molecule has 1 aliphatic rings. The Kier molecular flexibility index (Phi) is 5.54. The summed E-state index contributed by atoms with van der Waals surface area (Å²) < 4.78 is 32.4. The molecule has 0 radical (unpaired) electrons. The number of ether oxygens (including phenoxy) is 2. The summed E-state index contributed by atoms with van der Waals surface area (Å²) in [5, 5.41) is 0. The molecule has 1 fully saturated rings. The quantitative estimate of drug-likeness (QED) is 0.499. The van der Waals surface area contributed by atoms with Crippen LogP contribution in [0.25, 0.3) is 0 Å². The molecule has 1 aliphatic carbocycles. The second-order valence-corrected chi connectivity index (χ2v) is 4.63. The molecule has 0 bridgehead atoms. The Hall–Kier alpha value is -0.473. The average Bonchev–Trinajstić information content (AvgIpc) is 2.23. The Morgan fingerprint density at radius 2 is 2.12 bits per heavy atom. The third-order valence-corrected chi connectivity index (χ3v) is 3.37. The summed E-state index contributed by atoms with van der Waals surface area (Å²) in [6.07, 6.45) is 3.60. The Balaban J connectivity index is 0.00000144. The van der Waals surface area contributed by atoms with Gasteiger partial charge in [0.25, 0.3) is 0 Å². The van der Waals surface area contributed by atoms with E-state index in [2.05, 4.69) is 0 Å². The van der Waals surface area contributed by atoms with Crippen molar-refractivity contribution in [3.63, 3.8) is 0 Å². The van der Waals surface area contributed by atoms with Gasteiger partial charge in [0.15, 0.2) is 0 Å². The number of hydrogen-bond acceptors (Lipinski definition) is 4. The van der Waals surface area contributed by atoms with E-state index in [-0.39, 0.29) is 29.9 Å². The number of benzene rings is 1. The summed E-state index contributed by atoms with van der Waals surface area (Å²) in [6, 6.07) is 4.77. The predicted molar refractivity (Wildman–Crippen MR) is 58.4 cm³/mol. The zero-order valence-corrected chi connectivity index (χ0v) is 10.8. The molecule has 1 aromatic rings. The van der Waals surface area contributed by atoms with Crippen LogP contribution < -0.4 is 28.3 Å². The molecule has 0 heterocycles. The van der Waals surface area contributed by atoms with E-state index in [9.17, 15) is 8.76 Å². The molecular weight excluding hydrogens is 235 g/mol. The van der Waals surface area contributed by atoms with Crippen LogP contribution in [0.2, 0.25) is 0 Å². The van der Waals surface area contributed by atoms with Gasteiger partial charge < -0.3 is 14.0 Å². The molecule has 88 valence electrons. The van der Waals surface area contributed by atoms with Gasteiger partial charge in [-0.05, 0) is 42.5 Å². The first kappa shape index (κ1) is 14.6. The van der Waals surface area contributed by atoms with Crippen LogP contribution in [0.15, 0.2) is 23.1 Å². The van der Waals surface area contributed by atoms with Crippen molar-refractivity contribution < 1.29 is 37.1 Å². The fourth-order valence-electron chi connectivity index (χ4n) is 1.54. The molecule has 4 nitrogen and oxygen atoms in total. The largest absolute Gasteiger partial charge is 1.00 e. The second-order valence-electron chi connectivity index (χ2n) is 3.72. The molecule has 17 heavy (non-hydrogen) atoms. The summed E-state index contributed by atoms with van der Waals surface area (Å²) >= 11 is -2.28. The molecule has 0 aromatic heterocycles. The first-order valence-electron chi connectivity index (χ1n) is 5.14. The molecule has 1 aromatic carbocycles. The number of rotatable bonds is 4. The number of methoxy groups -OCH3 is 1. The first-order chi connectivity index (χ1) is 7.70. The first-order valence-corrected chi connectivity index (χ1v) is 6.22. The average molecular weight is 248 g/mol. The molecule has 0 amide bonds. The van der Waals surface area contributed by atoms with E-state index >= 15 is 0 Å². The van der Waals surface area contributed by atoms with Gasteiger partial charge in [-0.3, -0.25) is 4.21 Å². The van der Waals surface area contributed by atoms with E-state index in [1.54, 1.807) is 12.1 Å². The van der Waals surface area contributed by atoms with Crippen molar-refractivity contribution in [2.24, 2.45) is 0 Å². The maximum Gasteiger partial charge on any atom is 1.00 e. The van der Waals surface area contributed by atoms with Crippen molar-refractivity contribution in [1.82, 2.24) is 0 Å². The molecular formula is C11H13LiO4S. The van der Waals surface area contributed by atoms with Crippen molar-refractivity contribution in [2.75, 3.05) is 7.11 Å². The van der Waals surface area contributed by atoms with Gasteiger partial charge in [-0.1, -0.05) is 0 Å². The normalized spacial score (nSPS) is 16.6. The molecule has 1 saturated carbocycles. The zero-order valence-electron chi connectivity index (χ0n) is 9.97. The SMILES string of the molecule is COc1cc(OC2CCC2)ccc1S(=O)[O-].[Li+]. The number of hydrogen-bond donors (Lipinski definition) is 0. The zero-order chi connectivity index (χ0) is 11.5. The van der Waals surface area contributed by atoms with E-state index in [0.29, 0.717) is 11.5 Å². The van der Waals surface area contributed by atoms with Gasteiger partial charge in [0, 0.05) is 6.07 Å². The van der Waals surface area contributed by atoms with E-state index in [1.807, 2.05) is 0 Å². The Bertz CT molecular complexity index is 406. The molecule has 0 spiro atoms. The summed E-state index contributed by atoms with van der Waals surface area (Å²) in [4.78, 5) is 0.156. The van der Waals surface area contributed by atoms with Crippen LogP contribution in [0.1, 0.15) is 19.3 Å². The van der Waals surface area contributed by atoms with Gasteiger partial charge in [-0.2, -0.15) is 0 Å². The van der Waals surface area contributed by atoms with Crippen molar-refractivity contribution >= 4 is 11.1 Å². The fourth-order valence-corrected chi connectivity index (χ4v) is 2.03. The minimum absolute atomic E-state index is 0. The van der Waals surface area contributed by atoms with Gasteiger partial charge in [-0.15, -0.1) is 0 Å². The molecule has 2 rings (SSSR count). The monoisotopic (exact) mass is 248 g/mol. The molecule has 1 unspecified atom stereocenters. The molecule has 0 saturated heterocycles. The van der Waals surface area contributed by atoms with E-state index in [0.717, 1.165) is 12.8 Å². The standard InChI is InChI=1S/C11H14O4S.Li/c1-14-10-7-9(15-8-3-2-4-8)5-6-11(10)16(12)13;/h5-8H,2-4H2,1H3,(H,12,13);/q;+1/p-1. The van der Waals surface area contributed by atoms with Crippen LogP contribution in [0.3, 0.4) is 0 Å². The van der Waals surface area contributed by atoms with Crippen molar-refractivity contribution in [3.05, 3.63) is 18.2 Å². The Labute approximate surface area is 115 Å². The maximum atomic E-state index is 10.9. The third kappa shape index (κ3) is 3.49. The van der Waals surface area contributed by atoms with Crippen LogP contribution in [-0.2, 0) is 11.1 Å². The van der Waals surface area contributed by atoms with E-state index in [1.165, 1.54) is 19.6 Å². The van der Waals surface area contributed by atoms with Crippen LogP contribution in [0.5, 0.6) is 11.5 Å². The van der Waals surface area contributed by atoms with E-state index < -0.39 is 11.1 Å². The topological polar surface area (TPSA) is 58.6 Å². The summed E-state index contributed by atoms with van der Waals surface area (Å²) in [6.45, 7) is 0. The summed E-state index contributed by atoms with van der Waals surface area (Å²) in [5.74, 6) is 0.987. The molecule has 1 atom stereocenters. The molecule has 0 aliphatic heterocycles. The van der Waals surface area contributed by atoms with Gasteiger partial charge in [0.2, 0.25) is 0 Å². The van der Waals surface area contributed by atoms with Crippen LogP contribution in [0, 0.1) is 0 Å². The van der Waals surface area contributed by atoms with E-state index in [4.69, 9.17) is 9.47 Å². The maximum absolute atomic E-state index is 10.9. The minimum Gasteiger partial charge on any atom is -0.768 e. The fraction of sp³-hybridized carbons (Fsp3) is 0.455. The predicted octanol–water partition coefficient (Wildman–Crippen LogP) is -1.13. The van der Waals surface area contributed by atoms with Gasteiger partial charge >= 0.3 is 18.9 Å². The van der Waals surface area contributed by atoms with Crippen molar-refractivity contribution in [3.8, 4) is 11.5 Å². The summed E-state index contributed by atoms with van der Waals surface area (Å²) in [5.41, 5.74) is 0. The molecule has 0 N–H and O–H groups in total. The van der Waals surface area contributed by atoms with Gasteiger partial charge in [0.05, 0.1) is 18.1 Å². The molecule has 6 heteroatoms. The van der Waals surface area contributed by atoms with Crippen LogP contribution in [0.4, 0.5) is 0 Å². The van der Waals surface area contributed by atoms with Gasteiger partial charge in [0.1, 0.15) is 11.5 Å². The van der Waals surface area contributed by atoms with Crippen LogP contribution in [-0.4, -0.2) is 22.0 Å². The Morgan fingerprint density at radius 3 is 2.59 bits per heavy atom. The van der Waals surface area contributed by atoms with Crippen molar-refractivity contribution in [1.29, 1.82) is 0 Å². The second kappa shape index (κ2) is 6.46. The van der Waals surface area contributed by atoms with Gasteiger partial charge in [-0.25, -0.2) is 0 Å². The Morgan fingerprint density at radius 1 is 1.41 bits per heavy atom. The minimum atomic E-state index is -2.28.